The molecule has 0 bridgehead atoms. The Balaban J connectivity index is 1.77. The molecule has 19 heavy (non-hydrogen) atoms. The van der Waals surface area contributed by atoms with Crippen LogP contribution in [0.1, 0.15) is 44.9 Å². The van der Waals surface area contributed by atoms with Gasteiger partial charge in [-0.05, 0) is 50.4 Å². The summed E-state index contributed by atoms with van der Waals surface area (Å²) in [5.41, 5.74) is 1.26. The van der Waals surface area contributed by atoms with E-state index < -0.39 is 0 Å². The van der Waals surface area contributed by atoms with E-state index >= 15 is 0 Å². The molecule has 3 nitrogen and oxygen atoms in total. The highest BCUT2D eigenvalue weighted by Crippen LogP contribution is 2.25. The molecule has 1 N–H and O–H groups in total. The van der Waals surface area contributed by atoms with Gasteiger partial charge in [-0.1, -0.05) is 20.8 Å². The predicted molar refractivity (Wildman–Crippen MR) is 78.9 cm³/mol. The van der Waals surface area contributed by atoms with E-state index in [-0.39, 0.29) is 0 Å². The fraction of sp³-hybridized carbons (Fsp3) is 0.750. The summed E-state index contributed by atoms with van der Waals surface area (Å²) in [5, 5.41) is 3.33. The quantitative estimate of drug-likeness (QED) is 0.855. The highest BCUT2D eigenvalue weighted by atomic mass is 16.3. The van der Waals surface area contributed by atoms with E-state index in [1.807, 2.05) is 6.26 Å². The van der Waals surface area contributed by atoms with Crippen LogP contribution in [0.25, 0.3) is 0 Å². The molecular weight excluding hydrogens is 236 g/mol. The molecule has 0 aromatic carbocycles. The first-order valence-corrected chi connectivity index (χ1v) is 7.68. The monoisotopic (exact) mass is 264 g/mol. The van der Waals surface area contributed by atoms with Crippen molar-refractivity contribution in [1.29, 1.82) is 0 Å². The van der Waals surface area contributed by atoms with Gasteiger partial charge >= 0.3 is 0 Å². The van der Waals surface area contributed by atoms with Crippen molar-refractivity contribution < 1.29 is 4.42 Å². The molecule has 3 heteroatoms. The standard InChI is InChI=1S/C16H28N2O/c1-4-17-10-14-9-16(19-12-14)11-18-7-5-15(6-8-18)13(2)3/h9,12-13,15,17H,4-8,10-11H2,1-3H3. The molecule has 0 spiro atoms. The van der Waals surface area contributed by atoms with Crippen LogP contribution in [0.2, 0.25) is 0 Å². The van der Waals surface area contributed by atoms with Gasteiger partial charge in [-0.15, -0.1) is 0 Å². The van der Waals surface area contributed by atoms with Gasteiger partial charge in [0.15, 0.2) is 0 Å². The van der Waals surface area contributed by atoms with Crippen molar-refractivity contribution in [2.75, 3.05) is 19.6 Å². The Morgan fingerprint density at radius 1 is 1.37 bits per heavy atom. The maximum Gasteiger partial charge on any atom is 0.118 e. The Labute approximate surface area is 117 Å². The molecule has 1 aliphatic rings. The Morgan fingerprint density at radius 3 is 2.74 bits per heavy atom. The van der Waals surface area contributed by atoms with E-state index in [0.717, 1.165) is 37.2 Å². The number of furan rings is 1. The van der Waals surface area contributed by atoms with E-state index in [4.69, 9.17) is 4.42 Å². The van der Waals surface area contributed by atoms with Gasteiger partial charge in [-0.3, -0.25) is 4.90 Å². The van der Waals surface area contributed by atoms with Crippen LogP contribution in [-0.4, -0.2) is 24.5 Å². The van der Waals surface area contributed by atoms with Gasteiger partial charge in [-0.2, -0.15) is 0 Å². The van der Waals surface area contributed by atoms with Gasteiger partial charge in [0.25, 0.3) is 0 Å². The molecule has 0 aliphatic carbocycles. The lowest BCUT2D eigenvalue weighted by atomic mass is 9.87. The van der Waals surface area contributed by atoms with Gasteiger partial charge in [0, 0.05) is 12.1 Å². The second-order valence-electron chi connectivity index (χ2n) is 6.06. The minimum Gasteiger partial charge on any atom is -0.468 e. The molecule has 0 atom stereocenters. The van der Waals surface area contributed by atoms with E-state index in [0.29, 0.717) is 0 Å². The normalized spacial score (nSPS) is 18.3. The second kappa shape index (κ2) is 7.11. The smallest absolute Gasteiger partial charge is 0.118 e. The number of nitrogens with zero attached hydrogens (tertiary/aromatic N) is 1. The van der Waals surface area contributed by atoms with E-state index in [2.05, 4.69) is 37.1 Å². The third-order valence-corrected chi connectivity index (χ3v) is 4.24. The lowest BCUT2D eigenvalue weighted by Crippen LogP contribution is -2.34. The van der Waals surface area contributed by atoms with Crippen LogP contribution < -0.4 is 5.32 Å². The largest absolute Gasteiger partial charge is 0.468 e. The minimum absolute atomic E-state index is 0.831. The first kappa shape index (κ1) is 14.6. The lowest BCUT2D eigenvalue weighted by Gasteiger charge is -2.33. The van der Waals surface area contributed by atoms with Crippen LogP contribution in [0.3, 0.4) is 0 Å². The van der Waals surface area contributed by atoms with Crippen molar-refractivity contribution in [3.05, 3.63) is 23.7 Å². The zero-order valence-corrected chi connectivity index (χ0v) is 12.6. The predicted octanol–water partition coefficient (Wildman–Crippen LogP) is 3.26. The highest BCUT2D eigenvalue weighted by Gasteiger charge is 2.22. The molecule has 1 aromatic rings. The summed E-state index contributed by atoms with van der Waals surface area (Å²) in [4.78, 5) is 2.52. The molecule has 0 amide bonds. The molecule has 0 unspecified atom stereocenters. The van der Waals surface area contributed by atoms with Crippen molar-refractivity contribution >= 4 is 0 Å². The second-order valence-corrected chi connectivity index (χ2v) is 6.06. The van der Waals surface area contributed by atoms with Crippen LogP contribution in [0, 0.1) is 11.8 Å². The number of rotatable bonds is 6. The molecule has 0 saturated carbocycles. The molecule has 0 radical (unpaired) electrons. The zero-order valence-electron chi connectivity index (χ0n) is 12.6. The van der Waals surface area contributed by atoms with E-state index in [1.54, 1.807) is 0 Å². The molecule has 2 heterocycles. The van der Waals surface area contributed by atoms with Crippen molar-refractivity contribution in [3.63, 3.8) is 0 Å². The summed E-state index contributed by atoms with van der Waals surface area (Å²) >= 11 is 0. The Hall–Kier alpha value is -0.800. The van der Waals surface area contributed by atoms with Crippen LogP contribution in [0.15, 0.2) is 16.7 Å². The third-order valence-electron chi connectivity index (χ3n) is 4.24. The van der Waals surface area contributed by atoms with Crippen molar-refractivity contribution in [2.24, 2.45) is 11.8 Å². The van der Waals surface area contributed by atoms with Crippen molar-refractivity contribution in [1.82, 2.24) is 10.2 Å². The zero-order chi connectivity index (χ0) is 13.7. The first-order chi connectivity index (χ1) is 9.19. The van der Waals surface area contributed by atoms with Gasteiger partial charge < -0.3 is 9.73 Å². The lowest BCUT2D eigenvalue weighted by molar-refractivity contribution is 0.144. The molecule has 1 aliphatic heterocycles. The van der Waals surface area contributed by atoms with Gasteiger partial charge in [0.2, 0.25) is 0 Å². The summed E-state index contributed by atoms with van der Waals surface area (Å²) in [6, 6.07) is 2.19. The first-order valence-electron chi connectivity index (χ1n) is 7.68. The highest BCUT2D eigenvalue weighted by molar-refractivity contribution is 5.12. The molecular formula is C16H28N2O. The maximum atomic E-state index is 5.66. The molecule has 1 saturated heterocycles. The molecule has 1 fully saturated rings. The third kappa shape index (κ3) is 4.36. The number of hydrogen-bond acceptors (Lipinski definition) is 3. The van der Waals surface area contributed by atoms with E-state index in [9.17, 15) is 0 Å². The maximum absolute atomic E-state index is 5.66. The number of piperidine rings is 1. The van der Waals surface area contributed by atoms with Crippen LogP contribution in [-0.2, 0) is 13.1 Å². The van der Waals surface area contributed by atoms with E-state index in [1.165, 1.54) is 31.5 Å². The molecule has 2 rings (SSSR count). The van der Waals surface area contributed by atoms with Gasteiger partial charge in [0.1, 0.15) is 5.76 Å². The van der Waals surface area contributed by atoms with Crippen molar-refractivity contribution in [3.8, 4) is 0 Å². The molecule has 1 aromatic heterocycles. The van der Waals surface area contributed by atoms with Crippen LogP contribution >= 0.6 is 0 Å². The van der Waals surface area contributed by atoms with Gasteiger partial charge in [0.05, 0.1) is 12.8 Å². The topological polar surface area (TPSA) is 28.4 Å². The van der Waals surface area contributed by atoms with Crippen molar-refractivity contribution in [2.45, 2.75) is 46.7 Å². The summed E-state index contributed by atoms with van der Waals surface area (Å²) in [7, 11) is 0. The average molecular weight is 264 g/mol. The summed E-state index contributed by atoms with van der Waals surface area (Å²) in [6.07, 6.45) is 4.56. The Morgan fingerprint density at radius 2 is 2.11 bits per heavy atom. The Kier molecular flexibility index (Phi) is 5.46. The SMILES string of the molecule is CCNCc1coc(CN2CCC(C(C)C)CC2)c1. The number of nitrogens with one attached hydrogen (secondary N) is 1. The number of hydrogen-bond donors (Lipinski definition) is 1. The average Bonchev–Trinajstić information content (AvgIpc) is 2.84. The van der Waals surface area contributed by atoms with Crippen LogP contribution in [0.5, 0.6) is 0 Å². The fourth-order valence-corrected chi connectivity index (χ4v) is 2.87. The summed E-state index contributed by atoms with van der Waals surface area (Å²) < 4.78 is 5.66. The minimum atomic E-state index is 0.831. The molecule has 108 valence electrons. The fourth-order valence-electron chi connectivity index (χ4n) is 2.87. The number of likely N-dealkylation sites (tertiary alicyclic amines) is 1. The van der Waals surface area contributed by atoms with Gasteiger partial charge in [-0.25, -0.2) is 0 Å². The summed E-state index contributed by atoms with van der Waals surface area (Å²) in [5.74, 6) is 2.85. The van der Waals surface area contributed by atoms with Crippen LogP contribution in [0.4, 0.5) is 0 Å². The Bertz CT molecular complexity index is 365. The summed E-state index contributed by atoms with van der Waals surface area (Å²) in [6.45, 7) is 12.1.